The van der Waals surface area contributed by atoms with Crippen LogP contribution < -0.4 is 5.30 Å². The molecule has 2 aromatic carbocycles. The topological polar surface area (TPSA) is 32.9 Å². The molecule has 1 aliphatic heterocycles. The van der Waals surface area contributed by atoms with Crippen molar-refractivity contribution in [3.05, 3.63) is 64.3 Å². The number of nitrogens with one attached hydrogen (secondary N) is 1. The summed E-state index contributed by atoms with van der Waals surface area (Å²) < 4.78 is 14.5. The first kappa shape index (κ1) is 13.4. The third-order valence-corrected chi connectivity index (χ3v) is 7.83. The van der Waals surface area contributed by atoms with Crippen molar-refractivity contribution in [2.45, 2.75) is 12.6 Å². The predicted molar refractivity (Wildman–Crippen MR) is 92.0 cm³/mol. The molecule has 3 aromatic rings. The molecule has 1 N–H and O–H groups in total. The van der Waals surface area contributed by atoms with E-state index in [0.717, 1.165) is 27.9 Å². The third-order valence-electron chi connectivity index (χ3n) is 4.32. The van der Waals surface area contributed by atoms with Gasteiger partial charge in [0.1, 0.15) is 7.14 Å². The molecule has 4 rings (SSSR count). The van der Waals surface area contributed by atoms with E-state index in [2.05, 4.69) is 33.0 Å². The van der Waals surface area contributed by atoms with Crippen molar-refractivity contribution in [3.8, 4) is 0 Å². The van der Waals surface area contributed by atoms with Gasteiger partial charge in [-0.05, 0) is 30.2 Å². The summed E-state index contributed by atoms with van der Waals surface area (Å²) in [5, 5.41) is 2.22. The summed E-state index contributed by atoms with van der Waals surface area (Å²) in [4.78, 5) is 3.49. The van der Waals surface area contributed by atoms with Crippen molar-refractivity contribution in [2.24, 2.45) is 0 Å². The molecule has 1 aromatic heterocycles. The van der Waals surface area contributed by atoms with Crippen LogP contribution in [0.4, 0.5) is 0 Å². The highest BCUT2D eigenvalue weighted by atomic mass is 79.9. The number of aromatic amines is 1. The molecule has 2 nitrogen and oxygen atoms in total. The highest BCUT2D eigenvalue weighted by Gasteiger charge is 2.32. The van der Waals surface area contributed by atoms with E-state index in [0.29, 0.717) is 6.16 Å². The van der Waals surface area contributed by atoms with Gasteiger partial charge in [-0.1, -0.05) is 46.3 Å². The summed E-state index contributed by atoms with van der Waals surface area (Å²) in [5.74, 6) is 0. The molecule has 0 saturated carbocycles. The lowest BCUT2D eigenvalue weighted by molar-refractivity contribution is 0.578. The van der Waals surface area contributed by atoms with Crippen LogP contribution in [0, 0.1) is 0 Å². The van der Waals surface area contributed by atoms with Crippen LogP contribution in [0.2, 0.25) is 0 Å². The van der Waals surface area contributed by atoms with Crippen LogP contribution >= 0.6 is 23.1 Å². The Balaban J connectivity index is 1.86. The lowest BCUT2D eigenvalue weighted by Crippen LogP contribution is -2.16. The standard InChI is InChI=1S/C17H15BrNOP/c18-12-6-7-16-14(10-12)15-11-21(20,9-8-17(15)19-16)13-4-2-1-3-5-13/h1-7,10,19H,8-9,11H2. The molecule has 0 saturated heterocycles. The van der Waals surface area contributed by atoms with E-state index >= 15 is 0 Å². The monoisotopic (exact) mass is 359 g/mol. The summed E-state index contributed by atoms with van der Waals surface area (Å²) in [6, 6.07) is 16.2. The molecule has 106 valence electrons. The lowest BCUT2D eigenvalue weighted by atomic mass is 10.1. The Hall–Kier alpha value is -1.31. The van der Waals surface area contributed by atoms with Crippen LogP contribution in [0.3, 0.4) is 0 Å². The minimum absolute atomic E-state index is 0.669. The Morgan fingerprint density at radius 2 is 1.90 bits per heavy atom. The number of fused-ring (bicyclic) bond motifs is 3. The first-order chi connectivity index (χ1) is 10.2. The molecule has 0 spiro atoms. The van der Waals surface area contributed by atoms with E-state index in [1.807, 2.05) is 36.4 Å². The molecule has 0 aliphatic carbocycles. The fourth-order valence-electron chi connectivity index (χ4n) is 3.22. The predicted octanol–water partition coefficient (Wildman–Crippen LogP) is 4.68. The summed E-state index contributed by atoms with van der Waals surface area (Å²) in [7, 11) is -2.32. The van der Waals surface area contributed by atoms with Crippen LogP contribution in [-0.2, 0) is 17.1 Å². The molecule has 4 heteroatoms. The van der Waals surface area contributed by atoms with Crippen LogP contribution in [0.15, 0.2) is 53.0 Å². The summed E-state index contributed by atoms with van der Waals surface area (Å²) >= 11 is 3.54. The van der Waals surface area contributed by atoms with Gasteiger partial charge in [-0.15, -0.1) is 0 Å². The minimum atomic E-state index is -2.32. The molecule has 0 bridgehead atoms. The molecule has 1 atom stereocenters. The van der Waals surface area contributed by atoms with E-state index in [1.165, 1.54) is 16.6 Å². The highest BCUT2D eigenvalue weighted by Crippen LogP contribution is 2.53. The molecular formula is C17H15BrNOP. The van der Waals surface area contributed by atoms with Crippen molar-refractivity contribution in [2.75, 3.05) is 6.16 Å². The summed E-state index contributed by atoms with van der Waals surface area (Å²) in [5.41, 5.74) is 3.64. The number of halogens is 1. The number of rotatable bonds is 1. The average molecular weight is 360 g/mol. The van der Waals surface area contributed by atoms with Crippen LogP contribution in [-0.4, -0.2) is 11.1 Å². The van der Waals surface area contributed by atoms with Crippen molar-refractivity contribution < 1.29 is 4.57 Å². The Morgan fingerprint density at radius 3 is 2.71 bits per heavy atom. The maximum atomic E-state index is 13.4. The van der Waals surface area contributed by atoms with Gasteiger partial charge in [-0.25, -0.2) is 0 Å². The highest BCUT2D eigenvalue weighted by molar-refractivity contribution is 9.10. The Kier molecular flexibility index (Phi) is 3.09. The van der Waals surface area contributed by atoms with E-state index in [-0.39, 0.29) is 0 Å². The number of hydrogen-bond donors (Lipinski definition) is 1. The van der Waals surface area contributed by atoms with Crippen molar-refractivity contribution in [3.63, 3.8) is 0 Å². The zero-order chi connectivity index (χ0) is 14.4. The van der Waals surface area contributed by atoms with Gasteiger partial charge in [0.25, 0.3) is 0 Å². The summed E-state index contributed by atoms with van der Waals surface area (Å²) in [6.07, 6.45) is 2.30. The molecule has 0 amide bonds. The second-order valence-electron chi connectivity index (χ2n) is 5.63. The van der Waals surface area contributed by atoms with Gasteiger partial charge in [-0.3, -0.25) is 0 Å². The molecule has 2 heterocycles. The lowest BCUT2D eigenvalue weighted by Gasteiger charge is -2.23. The Bertz CT molecular complexity index is 869. The quantitative estimate of drug-likeness (QED) is 0.629. The van der Waals surface area contributed by atoms with Crippen molar-refractivity contribution in [1.29, 1.82) is 0 Å². The normalized spacial score (nSPS) is 21.4. The van der Waals surface area contributed by atoms with Gasteiger partial charge < -0.3 is 9.55 Å². The zero-order valence-electron chi connectivity index (χ0n) is 11.5. The number of hydrogen-bond acceptors (Lipinski definition) is 1. The fourth-order valence-corrected chi connectivity index (χ4v) is 6.35. The smallest absolute Gasteiger partial charge is 0.120 e. The average Bonchev–Trinajstić information content (AvgIpc) is 2.85. The molecule has 1 aliphatic rings. The van der Waals surface area contributed by atoms with Crippen LogP contribution in [0.5, 0.6) is 0 Å². The molecule has 0 fully saturated rings. The largest absolute Gasteiger partial charge is 0.358 e. The first-order valence-corrected chi connectivity index (χ1v) is 9.95. The second kappa shape index (κ2) is 4.86. The van der Waals surface area contributed by atoms with Crippen molar-refractivity contribution in [1.82, 2.24) is 4.98 Å². The van der Waals surface area contributed by atoms with Gasteiger partial charge in [0.2, 0.25) is 0 Å². The van der Waals surface area contributed by atoms with Gasteiger partial charge in [0, 0.05) is 38.7 Å². The zero-order valence-corrected chi connectivity index (χ0v) is 14.0. The third kappa shape index (κ3) is 2.20. The number of aromatic nitrogens is 1. The number of benzene rings is 2. The first-order valence-electron chi connectivity index (χ1n) is 7.08. The minimum Gasteiger partial charge on any atom is -0.358 e. The molecule has 0 radical (unpaired) electrons. The molecule has 1 unspecified atom stereocenters. The maximum absolute atomic E-state index is 13.4. The van der Waals surface area contributed by atoms with Gasteiger partial charge in [0.15, 0.2) is 0 Å². The SMILES string of the molecule is O=P1(c2ccccc2)CCc2[nH]c3ccc(Br)cc3c2C1. The summed E-state index contributed by atoms with van der Waals surface area (Å²) in [6.45, 7) is 0. The Morgan fingerprint density at radius 1 is 1.10 bits per heavy atom. The van der Waals surface area contributed by atoms with E-state index in [4.69, 9.17) is 0 Å². The Labute approximate surface area is 132 Å². The van der Waals surface area contributed by atoms with E-state index in [1.54, 1.807) is 0 Å². The van der Waals surface area contributed by atoms with Gasteiger partial charge in [-0.2, -0.15) is 0 Å². The van der Waals surface area contributed by atoms with Gasteiger partial charge >= 0.3 is 0 Å². The second-order valence-corrected chi connectivity index (χ2v) is 9.60. The molecular weight excluding hydrogens is 345 g/mol. The van der Waals surface area contributed by atoms with E-state index in [9.17, 15) is 4.57 Å². The number of H-pyrrole nitrogens is 1. The van der Waals surface area contributed by atoms with Crippen LogP contribution in [0.1, 0.15) is 11.3 Å². The van der Waals surface area contributed by atoms with Crippen molar-refractivity contribution >= 4 is 39.3 Å². The fraction of sp³-hybridized carbons (Fsp3) is 0.176. The maximum Gasteiger partial charge on any atom is 0.120 e. The van der Waals surface area contributed by atoms with Gasteiger partial charge in [0.05, 0.1) is 0 Å². The number of aryl methyl sites for hydroxylation is 1. The van der Waals surface area contributed by atoms with E-state index < -0.39 is 7.14 Å². The van der Waals surface area contributed by atoms with Crippen LogP contribution in [0.25, 0.3) is 10.9 Å². The molecule has 21 heavy (non-hydrogen) atoms.